The molecule has 0 heterocycles. The molecule has 0 aliphatic heterocycles. The van der Waals surface area contributed by atoms with E-state index < -0.39 is 0 Å². The molecule has 0 radical (unpaired) electrons. The average molecular weight is 232 g/mol. The van der Waals surface area contributed by atoms with Gasteiger partial charge in [0.05, 0.1) is 6.42 Å². The summed E-state index contributed by atoms with van der Waals surface area (Å²) in [6.07, 6.45) is 1.63. The number of amides is 1. The maximum absolute atomic E-state index is 11.7. The SMILES string of the molecule is CC1(C)CC1CNC(=O)Cc1cccc(N)c1. The molecule has 0 aromatic heterocycles. The van der Waals surface area contributed by atoms with Crippen molar-refractivity contribution in [1.29, 1.82) is 0 Å². The number of anilines is 1. The van der Waals surface area contributed by atoms with E-state index in [1.165, 1.54) is 6.42 Å². The highest BCUT2D eigenvalue weighted by Crippen LogP contribution is 2.50. The Morgan fingerprint density at radius 3 is 2.82 bits per heavy atom. The molecular formula is C14H20N2O. The van der Waals surface area contributed by atoms with Gasteiger partial charge in [0.2, 0.25) is 5.91 Å². The predicted molar refractivity (Wildman–Crippen MR) is 69.5 cm³/mol. The van der Waals surface area contributed by atoms with Gasteiger partial charge in [-0.15, -0.1) is 0 Å². The molecule has 1 aromatic rings. The quantitative estimate of drug-likeness (QED) is 0.780. The number of nitrogen functional groups attached to an aromatic ring is 1. The molecule has 0 spiro atoms. The molecule has 92 valence electrons. The molecule has 1 saturated carbocycles. The van der Waals surface area contributed by atoms with Gasteiger partial charge in [-0.25, -0.2) is 0 Å². The van der Waals surface area contributed by atoms with E-state index in [2.05, 4.69) is 19.2 Å². The fraction of sp³-hybridized carbons (Fsp3) is 0.500. The van der Waals surface area contributed by atoms with Crippen molar-refractivity contribution in [2.75, 3.05) is 12.3 Å². The molecule has 3 nitrogen and oxygen atoms in total. The summed E-state index contributed by atoms with van der Waals surface area (Å²) in [5, 5.41) is 2.99. The average Bonchev–Trinajstić information content (AvgIpc) is 2.84. The van der Waals surface area contributed by atoms with Gasteiger partial charge in [0, 0.05) is 12.2 Å². The summed E-state index contributed by atoms with van der Waals surface area (Å²) in [6.45, 7) is 5.28. The summed E-state index contributed by atoms with van der Waals surface area (Å²) in [7, 11) is 0. The molecule has 1 amide bonds. The van der Waals surface area contributed by atoms with E-state index >= 15 is 0 Å². The van der Waals surface area contributed by atoms with Gasteiger partial charge < -0.3 is 11.1 Å². The molecule has 1 atom stereocenters. The van der Waals surface area contributed by atoms with Crippen molar-refractivity contribution < 1.29 is 4.79 Å². The summed E-state index contributed by atoms with van der Waals surface area (Å²) in [6, 6.07) is 7.48. The van der Waals surface area contributed by atoms with Crippen molar-refractivity contribution in [3.8, 4) is 0 Å². The van der Waals surface area contributed by atoms with E-state index in [0.717, 1.165) is 12.1 Å². The van der Waals surface area contributed by atoms with Gasteiger partial charge >= 0.3 is 0 Å². The number of carbonyl (C=O) groups excluding carboxylic acids is 1. The number of benzene rings is 1. The van der Waals surface area contributed by atoms with Crippen molar-refractivity contribution in [2.45, 2.75) is 26.7 Å². The first-order chi connectivity index (χ1) is 7.97. The molecule has 0 bridgehead atoms. The molecule has 1 aromatic carbocycles. The fourth-order valence-electron chi connectivity index (χ4n) is 2.11. The van der Waals surface area contributed by atoms with Gasteiger partial charge in [-0.3, -0.25) is 4.79 Å². The Labute approximate surface area is 102 Å². The third-order valence-electron chi connectivity index (χ3n) is 3.58. The van der Waals surface area contributed by atoms with Crippen LogP contribution in [0.2, 0.25) is 0 Å². The van der Waals surface area contributed by atoms with Crippen LogP contribution in [0.15, 0.2) is 24.3 Å². The van der Waals surface area contributed by atoms with Gasteiger partial charge in [0.15, 0.2) is 0 Å². The van der Waals surface area contributed by atoms with E-state index in [1.807, 2.05) is 24.3 Å². The molecule has 3 N–H and O–H groups in total. The number of carbonyl (C=O) groups is 1. The third-order valence-corrected chi connectivity index (χ3v) is 3.58. The second-order valence-corrected chi connectivity index (χ2v) is 5.62. The zero-order valence-electron chi connectivity index (χ0n) is 10.5. The second kappa shape index (κ2) is 4.40. The van der Waals surface area contributed by atoms with Crippen LogP contribution in [-0.4, -0.2) is 12.5 Å². The number of nitrogens with one attached hydrogen (secondary N) is 1. The summed E-state index contributed by atoms with van der Waals surface area (Å²) < 4.78 is 0. The monoisotopic (exact) mass is 232 g/mol. The van der Waals surface area contributed by atoms with Crippen molar-refractivity contribution in [1.82, 2.24) is 5.32 Å². The lowest BCUT2D eigenvalue weighted by Crippen LogP contribution is -2.28. The molecule has 17 heavy (non-hydrogen) atoms. The summed E-state index contributed by atoms with van der Waals surface area (Å²) in [5.74, 6) is 0.727. The molecule has 1 fully saturated rings. The lowest BCUT2D eigenvalue weighted by molar-refractivity contribution is -0.120. The van der Waals surface area contributed by atoms with Crippen molar-refractivity contribution in [3.05, 3.63) is 29.8 Å². The Morgan fingerprint density at radius 2 is 2.24 bits per heavy atom. The van der Waals surface area contributed by atoms with Crippen LogP contribution < -0.4 is 11.1 Å². The van der Waals surface area contributed by atoms with Crippen LogP contribution in [0.25, 0.3) is 0 Å². The fourth-order valence-corrected chi connectivity index (χ4v) is 2.11. The first-order valence-electron chi connectivity index (χ1n) is 6.08. The van der Waals surface area contributed by atoms with E-state index in [-0.39, 0.29) is 5.91 Å². The lowest BCUT2D eigenvalue weighted by Gasteiger charge is -2.07. The van der Waals surface area contributed by atoms with Gasteiger partial charge in [-0.05, 0) is 35.4 Å². The van der Waals surface area contributed by atoms with Gasteiger partial charge in [0.1, 0.15) is 0 Å². The van der Waals surface area contributed by atoms with Gasteiger partial charge in [-0.1, -0.05) is 26.0 Å². The topological polar surface area (TPSA) is 55.1 Å². The third kappa shape index (κ3) is 3.22. The predicted octanol–water partition coefficient (Wildman–Crippen LogP) is 1.97. The summed E-state index contributed by atoms with van der Waals surface area (Å²) in [5.41, 5.74) is 7.77. The first-order valence-corrected chi connectivity index (χ1v) is 6.08. The van der Waals surface area contributed by atoms with E-state index in [0.29, 0.717) is 23.4 Å². The maximum atomic E-state index is 11.7. The molecule has 3 heteroatoms. The smallest absolute Gasteiger partial charge is 0.224 e. The minimum Gasteiger partial charge on any atom is -0.399 e. The summed E-state index contributed by atoms with van der Waals surface area (Å²) in [4.78, 5) is 11.7. The largest absolute Gasteiger partial charge is 0.399 e. The van der Waals surface area contributed by atoms with Crippen molar-refractivity contribution in [2.24, 2.45) is 11.3 Å². The molecular weight excluding hydrogens is 212 g/mol. The second-order valence-electron chi connectivity index (χ2n) is 5.62. The number of nitrogens with two attached hydrogens (primary N) is 1. The Kier molecular flexibility index (Phi) is 3.09. The zero-order valence-corrected chi connectivity index (χ0v) is 10.5. The molecule has 1 aliphatic rings. The molecule has 2 rings (SSSR count). The Morgan fingerprint density at radius 1 is 1.53 bits per heavy atom. The Balaban J connectivity index is 1.78. The number of hydrogen-bond donors (Lipinski definition) is 2. The van der Waals surface area contributed by atoms with Gasteiger partial charge in [0.25, 0.3) is 0 Å². The van der Waals surface area contributed by atoms with Crippen LogP contribution in [0.4, 0.5) is 5.69 Å². The Bertz CT molecular complexity index is 426. The van der Waals surface area contributed by atoms with Crippen LogP contribution in [0.5, 0.6) is 0 Å². The number of hydrogen-bond acceptors (Lipinski definition) is 2. The van der Waals surface area contributed by atoms with Crippen LogP contribution >= 0.6 is 0 Å². The first kappa shape index (κ1) is 12.0. The number of rotatable bonds is 4. The van der Waals surface area contributed by atoms with Crippen LogP contribution in [0, 0.1) is 11.3 Å². The van der Waals surface area contributed by atoms with Crippen LogP contribution in [0.3, 0.4) is 0 Å². The van der Waals surface area contributed by atoms with Gasteiger partial charge in [-0.2, -0.15) is 0 Å². The molecule has 1 unspecified atom stereocenters. The normalized spacial score (nSPS) is 20.9. The summed E-state index contributed by atoms with van der Waals surface area (Å²) >= 11 is 0. The Hall–Kier alpha value is -1.51. The van der Waals surface area contributed by atoms with Crippen LogP contribution in [-0.2, 0) is 11.2 Å². The highest BCUT2D eigenvalue weighted by atomic mass is 16.1. The molecule has 1 aliphatic carbocycles. The van der Waals surface area contributed by atoms with E-state index in [1.54, 1.807) is 0 Å². The van der Waals surface area contributed by atoms with E-state index in [4.69, 9.17) is 5.73 Å². The zero-order chi connectivity index (χ0) is 12.5. The van der Waals surface area contributed by atoms with Crippen molar-refractivity contribution in [3.63, 3.8) is 0 Å². The maximum Gasteiger partial charge on any atom is 0.224 e. The minimum atomic E-state index is 0.0818. The highest BCUT2D eigenvalue weighted by Gasteiger charge is 2.45. The lowest BCUT2D eigenvalue weighted by atomic mass is 10.1. The van der Waals surface area contributed by atoms with E-state index in [9.17, 15) is 4.79 Å². The highest BCUT2D eigenvalue weighted by molar-refractivity contribution is 5.78. The standard InChI is InChI=1S/C14H20N2O/c1-14(2)8-11(14)9-16-13(17)7-10-4-3-5-12(15)6-10/h3-6,11H,7-9,15H2,1-2H3,(H,16,17). The molecule has 0 saturated heterocycles. The van der Waals surface area contributed by atoms with Crippen molar-refractivity contribution >= 4 is 11.6 Å². The van der Waals surface area contributed by atoms with Crippen LogP contribution in [0.1, 0.15) is 25.8 Å². The minimum absolute atomic E-state index is 0.0818.